The predicted molar refractivity (Wildman–Crippen MR) is 104 cm³/mol. The second kappa shape index (κ2) is 7.50. The minimum absolute atomic E-state index is 0.105. The maximum absolute atomic E-state index is 13.8. The van der Waals surface area contributed by atoms with Crippen molar-refractivity contribution in [2.75, 3.05) is 43.6 Å². The number of anilines is 2. The van der Waals surface area contributed by atoms with Crippen molar-refractivity contribution in [3.8, 4) is 5.75 Å². The number of carbonyl (C=O) groups excluding carboxylic acids is 1. The number of carbonyl (C=O) groups is 1. The Bertz CT molecular complexity index is 985. The molecule has 1 aliphatic heterocycles. The van der Waals surface area contributed by atoms with Gasteiger partial charge < -0.3 is 19.7 Å². The van der Waals surface area contributed by atoms with E-state index in [2.05, 4.69) is 15.2 Å². The molecule has 3 aromatic rings. The summed E-state index contributed by atoms with van der Waals surface area (Å²) in [5.41, 5.74) is 1.75. The fraction of sp³-hybridized carbons (Fsp3) is 0.263. The van der Waals surface area contributed by atoms with E-state index in [9.17, 15) is 9.18 Å². The second-order valence-electron chi connectivity index (χ2n) is 6.08. The van der Waals surface area contributed by atoms with Crippen LogP contribution in [-0.2, 0) is 4.74 Å². The van der Waals surface area contributed by atoms with Crippen molar-refractivity contribution in [2.24, 2.45) is 0 Å². The highest BCUT2D eigenvalue weighted by molar-refractivity contribution is 7.22. The van der Waals surface area contributed by atoms with Crippen LogP contribution in [0.3, 0.4) is 0 Å². The van der Waals surface area contributed by atoms with E-state index in [1.165, 1.54) is 19.2 Å². The van der Waals surface area contributed by atoms with E-state index in [-0.39, 0.29) is 17.2 Å². The highest BCUT2D eigenvalue weighted by atomic mass is 32.1. The van der Waals surface area contributed by atoms with Crippen LogP contribution in [0, 0.1) is 5.82 Å². The maximum atomic E-state index is 13.8. The van der Waals surface area contributed by atoms with Crippen molar-refractivity contribution in [1.82, 2.24) is 4.98 Å². The third-order valence-corrected chi connectivity index (χ3v) is 5.41. The number of nitrogens with one attached hydrogen (secondary N) is 1. The molecule has 2 heterocycles. The first-order valence-corrected chi connectivity index (χ1v) is 9.34. The summed E-state index contributed by atoms with van der Waals surface area (Å²) in [5.74, 6) is -0.847. The van der Waals surface area contributed by atoms with Crippen molar-refractivity contribution in [3.05, 3.63) is 47.8 Å². The number of thiazole rings is 1. The molecule has 0 aliphatic carbocycles. The van der Waals surface area contributed by atoms with Gasteiger partial charge in [-0.3, -0.25) is 4.79 Å². The van der Waals surface area contributed by atoms with Crippen molar-refractivity contribution in [1.29, 1.82) is 0 Å². The van der Waals surface area contributed by atoms with Crippen LogP contribution in [0.1, 0.15) is 10.4 Å². The molecule has 0 radical (unpaired) electrons. The van der Waals surface area contributed by atoms with Crippen molar-refractivity contribution in [3.63, 3.8) is 0 Å². The molecule has 4 rings (SSSR count). The van der Waals surface area contributed by atoms with Gasteiger partial charge in [0.2, 0.25) is 0 Å². The number of hydrogen-bond acceptors (Lipinski definition) is 6. The van der Waals surface area contributed by atoms with Crippen LogP contribution >= 0.6 is 11.3 Å². The van der Waals surface area contributed by atoms with Gasteiger partial charge in [0.15, 0.2) is 16.7 Å². The summed E-state index contributed by atoms with van der Waals surface area (Å²) in [6.07, 6.45) is 0. The van der Waals surface area contributed by atoms with Crippen molar-refractivity contribution < 1.29 is 18.7 Å². The third kappa shape index (κ3) is 3.72. The molecule has 27 heavy (non-hydrogen) atoms. The Kier molecular flexibility index (Phi) is 4.91. The molecule has 1 fully saturated rings. The first kappa shape index (κ1) is 17.7. The molecule has 0 atom stereocenters. The Labute approximate surface area is 159 Å². The average Bonchev–Trinajstić information content (AvgIpc) is 3.12. The highest BCUT2D eigenvalue weighted by Crippen LogP contribution is 2.31. The molecular weight excluding hydrogens is 369 g/mol. The van der Waals surface area contributed by atoms with Crippen LogP contribution in [0.25, 0.3) is 10.2 Å². The van der Waals surface area contributed by atoms with Gasteiger partial charge in [0.1, 0.15) is 0 Å². The summed E-state index contributed by atoms with van der Waals surface area (Å²) in [6.45, 7) is 3.06. The van der Waals surface area contributed by atoms with E-state index < -0.39 is 5.82 Å². The monoisotopic (exact) mass is 387 g/mol. The Morgan fingerprint density at radius 3 is 2.81 bits per heavy atom. The summed E-state index contributed by atoms with van der Waals surface area (Å²) in [5, 5.41) is 3.76. The molecule has 0 bridgehead atoms. The van der Waals surface area contributed by atoms with Crippen LogP contribution < -0.4 is 15.0 Å². The van der Waals surface area contributed by atoms with E-state index >= 15 is 0 Å². The molecule has 140 valence electrons. The number of fused-ring (bicyclic) bond motifs is 1. The molecule has 1 amide bonds. The zero-order valence-corrected chi connectivity index (χ0v) is 15.5. The van der Waals surface area contributed by atoms with Crippen LogP contribution in [0.5, 0.6) is 5.75 Å². The number of rotatable bonds is 4. The van der Waals surface area contributed by atoms with E-state index in [0.29, 0.717) is 18.9 Å². The summed E-state index contributed by atoms with van der Waals surface area (Å²) < 4.78 is 25.0. The van der Waals surface area contributed by atoms with Crippen LogP contribution in [0.15, 0.2) is 36.4 Å². The van der Waals surface area contributed by atoms with E-state index in [4.69, 9.17) is 9.47 Å². The number of ether oxygens (including phenoxy) is 2. The lowest BCUT2D eigenvalue weighted by Gasteiger charge is -2.25. The van der Waals surface area contributed by atoms with Crippen molar-refractivity contribution >= 4 is 38.3 Å². The van der Waals surface area contributed by atoms with Gasteiger partial charge in [-0.1, -0.05) is 11.3 Å². The second-order valence-corrected chi connectivity index (χ2v) is 7.09. The quantitative estimate of drug-likeness (QED) is 0.742. The largest absolute Gasteiger partial charge is 0.494 e. The van der Waals surface area contributed by atoms with Crippen LogP contribution in [0.4, 0.5) is 15.2 Å². The number of amides is 1. The Morgan fingerprint density at radius 1 is 1.26 bits per heavy atom. The zero-order valence-electron chi connectivity index (χ0n) is 14.7. The smallest absolute Gasteiger partial charge is 0.255 e. The number of methoxy groups -OCH3 is 1. The average molecular weight is 387 g/mol. The minimum Gasteiger partial charge on any atom is -0.494 e. The number of morpholine rings is 1. The number of benzene rings is 2. The third-order valence-electron chi connectivity index (χ3n) is 4.33. The molecule has 2 aromatic carbocycles. The number of nitrogens with zero attached hydrogens (tertiary/aromatic N) is 2. The predicted octanol–water partition coefficient (Wildman–Crippen LogP) is 3.53. The van der Waals surface area contributed by atoms with Crippen LogP contribution in [-0.4, -0.2) is 44.3 Å². The molecule has 8 heteroatoms. The van der Waals surface area contributed by atoms with Gasteiger partial charge >= 0.3 is 0 Å². The Balaban J connectivity index is 1.53. The van der Waals surface area contributed by atoms with Gasteiger partial charge in [0, 0.05) is 24.3 Å². The Hall–Kier alpha value is -2.71. The standard InChI is InChI=1S/C19H18FN3O3S/c1-25-16-5-2-12(10-14(16)20)18(24)21-13-3-4-15-17(11-13)27-19(22-15)23-6-8-26-9-7-23/h2-5,10-11H,6-9H2,1H3,(H,21,24). The molecule has 0 spiro atoms. The van der Waals surface area contributed by atoms with Gasteiger partial charge in [-0.05, 0) is 36.4 Å². The fourth-order valence-corrected chi connectivity index (χ4v) is 3.95. The van der Waals surface area contributed by atoms with Crippen LogP contribution in [0.2, 0.25) is 0 Å². The summed E-state index contributed by atoms with van der Waals surface area (Å²) in [4.78, 5) is 19.3. The van der Waals surface area contributed by atoms with Gasteiger partial charge in [-0.15, -0.1) is 0 Å². The summed E-state index contributed by atoms with van der Waals surface area (Å²) in [7, 11) is 1.38. The lowest BCUT2D eigenvalue weighted by molar-refractivity contribution is 0.102. The molecule has 1 aliphatic rings. The molecular formula is C19H18FN3O3S. The Morgan fingerprint density at radius 2 is 2.07 bits per heavy atom. The molecule has 0 unspecified atom stereocenters. The van der Waals surface area contributed by atoms with Gasteiger partial charge in [-0.25, -0.2) is 9.37 Å². The van der Waals surface area contributed by atoms with Gasteiger partial charge in [-0.2, -0.15) is 0 Å². The number of halogens is 1. The molecule has 0 saturated carbocycles. The molecule has 1 aromatic heterocycles. The molecule has 1 saturated heterocycles. The molecule has 1 N–H and O–H groups in total. The van der Waals surface area contributed by atoms with E-state index in [1.54, 1.807) is 17.4 Å². The van der Waals surface area contributed by atoms with E-state index in [0.717, 1.165) is 34.5 Å². The normalized spacial score (nSPS) is 14.4. The first-order chi connectivity index (χ1) is 13.1. The maximum Gasteiger partial charge on any atom is 0.255 e. The van der Waals surface area contributed by atoms with Crippen molar-refractivity contribution in [2.45, 2.75) is 0 Å². The molecule has 6 nitrogen and oxygen atoms in total. The minimum atomic E-state index is -0.571. The summed E-state index contributed by atoms with van der Waals surface area (Å²) >= 11 is 1.58. The fourth-order valence-electron chi connectivity index (χ4n) is 2.89. The number of hydrogen-bond donors (Lipinski definition) is 1. The lowest BCUT2D eigenvalue weighted by atomic mass is 10.2. The lowest BCUT2D eigenvalue weighted by Crippen LogP contribution is -2.36. The SMILES string of the molecule is COc1ccc(C(=O)Nc2ccc3nc(N4CCOCC4)sc3c2)cc1F. The van der Waals surface area contributed by atoms with E-state index in [1.807, 2.05) is 12.1 Å². The van der Waals surface area contributed by atoms with Gasteiger partial charge in [0.25, 0.3) is 5.91 Å². The topological polar surface area (TPSA) is 63.7 Å². The zero-order chi connectivity index (χ0) is 18.8. The highest BCUT2D eigenvalue weighted by Gasteiger charge is 2.16. The van der Waals surface area contributed by atoms with Gasteiger partial charge in [0.05, 0.1) is 30.5 Å². The number of aromatic nitrogens is 1. The summed E-state index contributed by atoms with van der Waals surface area (Å²) in [6, 6.07) is 9.68. The first-order valence-electron chi connectivity index (χ1n) is 8.52.